The first-order chi connectivity index (χ1) is 10.5. The first-order valence-corrected chi connectivity index (χ1v) is 7.19. The monoisotopic (exact) mass is 345 g/mol. The Kier molecular flexibility index (Phi) is 5.46. The predicted molar refractivity (Wildman–Crippen MR) is 79.4 cm³/mol. The molecule has 9 heteroatoms. The van der Waals surface area contributed by atoms with E-state index in [0.29, 0.717) is 15.8 Å². The molecule has 3 amide bonds. The molecule has 0 aromatic heterocycles. The summed E-state index contributed by atoms with van der Waals surface area (Å²) < 4.78 is 5.16. The Morgan fingerprint density at radius 3 is 2.45 bits per heavy atom. The molecule has 0 bridgehead atoms. The zero-order chi connectivity index (χ0) is 16.1. The van der Waals surface area contributed by atoms with Crippen molar-refractivity contribution in [3.8, 4) is 5.75 Å². The van der Waals surface area contributed by atoms with E-state index in [1.807, 2.05) is 5.43 Å². The third kappa shape index (κ3) is 5.09. The fraction of sp³-hybridized carbons (Fsp3) is 0.308. The molecule has 1 aliphatic carbocycles. The van der Waals surface area contributed by atoms with Crippen molar-refractivity contribution < 1.29 is 19.1 Å². The number of amides is 3. The molecule has 1 aliphatic rings. The summed E-state index contributed by atoms with van der Waals surface area (Å²) in [4.78, 5) is 34.2. The van der Waals surface area contributed by atoms with Gasteiger partial charge in [-0.1, -0.05) is 23.2 Å². The van der Waals surface area contributed by atoms with Crippen molar-refractivity contribution in [1.82, 2.24) is 16.2 Å². The number of hydrogen-bond donors (Lipinski definition) is 3. The van der Waals surface area contributed by atoms with Crippen molar-refractivity contribution in [2.75, 3.05) is 6.61 Å². The molecule has 0 aliphatic heterocycles. The number of carbonyl (C=O) groups excluding carboxylic acids is 3. The van der Waals surface area contributed by atoms with Crippen LogP contribution in [0.25, 0.3) is 0 Å². The molecule has 0 spiro atoms. The van der Waals surface area contributed by atoms with E-state index < -0.39 is 17.7 Å². The van der Waals surface area contributed by atoms with E-state index in [4.69, 9.17) is 27.9 Å². The zero-order valence-electron chi connectivity index (χ0n) is 11.3. The second-order valence-electron chi connectivity index (χ2n) is 4.61. The van der Waals surface area contributed by atoms with Crippen molar-refractivity contribution in [3.05, 3.63) is 28.2 Å². The fourth-order valence-electron chi connectivity index (χ4n) is 1.41. The molecule has 1 fully saturated rings. The standard InChI is InChI=1S/C13H13Cl2N3O4/c14-9-4-3-8(5-10(9)15)22-6-11(19)17-18-13(21)12(20)16-7-1-2-7/h3-5,7H,1-2,6H2,(H,16,20)(H,17,19)(H,18,21). The number of hydrazine groups is 1. The second-order valence-corrected chi connectivity index (χ2v) is 5.43. The number of halogens is 2. The zero-order valence-corrected chi connectivity index (χ0v) is 12.8. The summed E-state index contributed by atoms with van der Waals surface area (Å²) in [6.07, 6.45) is 1.73. The van der Waals surface area contributed by atoms with E-state index in [1.54, 1.807) is 6.07 Å². The highest BCUT2D eigenvalue weighted by Crippen LogP contribution is 2.26. The van der Waals surface area contributed by atoms with Crippen LogP contribution < -0.4 is 20.9 Å². The van der Waals surface area contributed by atoms with Crippen LogP contribution in [0.2, 0.25) is 10.0 Å². The second kappa shape index (κ2) is 7.33. The van der Waals surface area contributed by atoms with Crippen molar-refractivity contribution in [2.24, 2.45) is 0 Å². The molecule has 7 nitrogen and oxygen atoms in total. The highest BCUT2D eigenvalue weighted by molar-refractivity contribution is 6.42. The van der Waals surface area contributed by atoms with Gasteiger partial charge in [0.05, 0.1) is 10.0 Å². The Labute approximate surface area is 136 Å². The summed E-state index contributed by atoms with van der Waals surface area (Å²) in [6, 6.07) is 4.59. The number of hydrogen-bond acceptors (Lipinski definition) is 4. The fourth-order valence-corrected chi connectivity index (χ4v) is 1.70. The van der Waals surface area contributed by atoms with Gasteiger partial charge in [-0.15, -0.1) is 0 Å². The van der Waals surface area contributed by atoms with Crippen LogP contribution in [0, 0.1) is 0 Å². The largest absolute Gasteiger partial charge is 0.484 e. The summed E-state index contributed by atoms with van der Waals surface area (Å²) in [7, 11) is 0. The van der Waals surface area contributed by atoms with Gasteiger partial charge in [0, 0.05) is 12.1 Å². The molecular weight excluding hydrogens is 333 g/mol. The van der Waals surface area contributed by atoms with E-state index in [2.05, 4.69) is 10.7 Å². The molecule has 22 heavy (non-hydrogen) atoms. The van der Waals surface area contributed by atoms with Gasteiger partial charge < -0.3 is 10.1 Å². The van der Waals surface area contributed by atoms with Gasteiger partial charge in [0.2, 0.25) is 0 Å². The van der Waals surface area contributed by atoms with Crippen LogP contribution in [0.3, 0.4) is 0 Å². The van der Waals surface area contributed by atoms with E-state index in [9.17, 15) is 14.4 Å². The number of rotatable bonds is 4. The Bertz CT molecular complexity index is 605. The molecular formula is C13H13Cl2N3O4. The van der Waals surface area contributed by atoms with Crippen molar-refractivity contribution in [3.63, 3.8) is 0 Å². The third-order valence-corrected chi connectivity index (χ3v) is 3.43. The summed E-state index contributed by atoms with van der Waals surface area (Å²) in [5.41, 5.74) is 4.06. The lowest BCUT2D eigenvalue weighted by molar-refractivity contribution is -0.141. The van der Waals surface area contributed by atoms with Crippen LogP contribution in [-0.2, 0) is 14.4 Å². The molecule has 0 saturated heterocycles. The highest BCUT2D eigenvalue weighted by atomic mass is 35.5. The van der Waals surface area contributed by atoms with Gasteiger partial charge >= 0.3 is 11.8 Å². The van der Waals surface area contributed by atoms with Crippen molar-refractivity contribution >= 4 is 40.9 Å². The van der Waals surface area contributed by atoms with Crippen molar-refractivity contribution in [1.29, 1.82) is 0 Å². The third-order valence-electron chi connectivity index (χ3n) is 2.70. The summed E-state index contributed by atoms with van der Waals surface area (Å²) in [5, 5.41) is 3.15. The minimum absolute atomic E-state index is 0.0620. The maximum Gasteiger partial charge on any atom is 0.327 e. The van der Waals surface area contributed by atoms with Crippen LogP contribution in [0.4, 0.5) is 0 Å². The smallest absolute Gasteiger partial charge is 0.327 e. The van der Waals surface area contributed by atoms with Gasteiger partial charge in [0.1, 0.15) is 5.75 Å². The maximum atomic E-state index is 11.5. The van der Waals surface area contributed by atoms with Crippen LogP contribution in [-0.4, -0.2) is 30.4 Å². The number of benzene rings is 1. The van der Waals surface area contributed by atoms with Crippen LogP contribution in [0.5, 0.6) is 5.75 Å². The first kappa shape index (κ1) is 16.4. The van der Waals surface area contributed by atoms with E-state index in [0.717, 1.165) is 12.8 Å². The van der Waals surface area contributed by atoms with Crippen LogP contribution in [0.15, 0.2) is 18.2 Å². The Hall–Kier alpha value is -1.99. The summed E-state index contributed by atoms with van der Waals surface area (Å²) >= 11 is 11.5. The SMILES string of the molecule is O=C(COc1ccc(Cl)c(Cl)c1)NNC(=O)C(=O)NC1CC1. The minimum atomic E-state index is -0.935. The lowest BCUT2D eigenvalue weighted by Crippen LogP contribution is -2.50. The lowest BCUT2D eigenvalue weighted by atomic mass is 10.3. The minimum Gasteiger partial charge on any atom is -0.484 e. The maximum absolute atomic E-state index is 11.5. The van der Waals surface area contributed by atoms with Gasteiger partial charge in [0.25, 0.3) is 5.91 Å². The Balaban J connectivity index is 1.69. The number of nitrogens with one attached hydrogen (secondary N) is 3. The van der Waals surface area contributed by atoms with Gasteiger partial charge in [-0.05, 0) is 25.0 Å². The average Bonchev–Trinajstić information content (AvgIpc) is 3.29. The Morgan fingerprint density at radius 1 is 1.09 bits per heavy atom. The topological polar surface area (TPSA) is 96.5 Å². The lowest BCUT2D eigenvalue weighted by Gasteiger charge is -2.09. The molecule has 0 radical (unpaired) electrons. The van der Waals surface area contributed by atoms with E-state index in [-0.39, 0.29) is 12.6 Å². The molecule has 1 aromatic carbocycles. The van der Waals surface area contributed by atoms with Gasteiger partial charge in [-0.2, -0.15) is 0 Å². The van der Waals surface area contributed by atoms with Crippen LogP contribution >= 0.6 is 23.2 Å². The summed E-state index contributed by atoms with van der Waals surface area (Å²) in [6.45, 7) is -0.359. The van der Waals surface area contributed by atoms with E-state index >= 15 is 0 Å². The van der Waals surface area contributed by atoms with Gasteiger partial charge in [-0.25, -0.2) is 0 Å². The number of carbonyl (C=O) groups is 3. The van der Waals surface area contributed by atoms with Gasteiger partial charge in [-0.3, -0.25) is 25.2 Å². The highest BCUT2D eigenvalue weighted by Gasteiger charge is 2.26. The molecule has 0 unspecified atom stereocenters. The van der Waals surface area contributed by atoms with Crippen LogP contribution in [0.1, 0.15) is 12.8 Å². The molecule has 3 N–H and O–H groups in total. The van der Waals surface area contributed by atoms with Gasteiger partial charge in [0.15, 0.2) is 6.61 Å². The first-order valence-electron chi connectivity index (χ1n) is 6.43. The molecule has 1 aromatic rings. The molecule has 0 heterocycles. The normalized spacial score (nSPS) is 13.2. The molecule has 118 valence electrons. The number of ether oxygens (including phenoxy) is 1. The molecule has 0 atom stereocenters. The molecule has 2 rings (SSSR count). The predicted octanol–water partition coefficient (Wildman–Crippen LogP) is 0.798. The van der Waals surface area contributed by atoms with E-state index in [1.165, 1.54) is 12.1 Å². The Morgan fingerprint density at radius 2 is 1.82 bits per heavy atom. The van der Waals surface area contributed by atoms with Crippen molar-refractivity contribution in [2.45, 2.75) is 18.9 Å². The quantitative estimate of drug-likeness (QED) is 0.555. The summed E-state index contributed by atoms with van der Waals surface area (Å²) in [5.74, 6) is -2.00. The average molecular weight is 346 g/mol. The molecule has 1 saturated carbocycles.